The van der Waals surface area contributed by atoms with Crippen molar-refractivity contribution in [1.29, 1.82) is 0 Å². The van der Waals surface area contributed by atoms with Gasteiger partial charge in [0.15, 0.2) is 0 Å². The molecule has 0 aliphatic rings. The van der Waals surface area contributed by atoms with Gasteiger partial charge in [-0.25, -0.2) is 15.8 Å². The van der Waals surface area contributed by atoms with Gasteiger partial charge in [-0.15, -0.1) is 11.3 Å². The number of hydrogen-bond acceptors (Lipinski definition) is 8. The zero-order valence-electron chi connectivity index (χ0n) is 11.9. The van der Waals surface area contributed by atoms with Crippen molar-refractivity contribution in [2.45, 2.75) is 26.8 Å². The maximum absolute atomic E-state index is 11.1. The summed E-state index contributed by atoms with van der Waals surface area (Å²) < 4.78 is 0. The smallest absolute Gasteiger partial charge is 0.311 e. The minimum atomic E-state index is -0.479. The molecule has 0 amide bonds. The van der Waals surface area contributed by atoms with Gasteiger partial charge in [-0.2, -0.15) is 0 Å². The molecule has 0 aliphatic carbocycles. The second-order valence-electron chi connectivity index (χ2n) is 4.51. The number of pyridine rings is 1. The number of nitro groups is 1. The van der Waals surface area contributed by atoms with Crippen LogP contribution in [0.4, 0.5) is 17.3 Å². The first-order chi connectivity index (χ1) is 9.92. The zero-order chi connectivity index (χ0) is 15.6. The summed E-state index contributed by atoms with van der Waals surface area (Å²) in [4.78, 5) is 20.1. The molecule has 4 N–H and O–H groups in total. The third kappa shape index (κ3) is 3.26. The predicted octanol–water partition coefficient (Wildman–Crippen LogP) is 2.52. The largest absolute Gasteiger partial charge is 0.357 e. The standard InChI is InChI=1S/C12H16N6O2S/c1-6-11(21-8(3)14-6)7(2)15-12-9(18(19)20)4-5-10(16-12)17-13/h4-5,7H,13H2,1-3H3,(H2,15,16,17). The van der Waals surface area contributed by atoms with Crippen LogP contribution >= 0.6 is 11.3 Å². The Morgan fingerprint density at radius 1 is 1.38 bits per heavy atom. The van der Waals surface area contributed by atoms with Gasteiger partial charge in [0.2, 0.25) is 5.82 Å². The Morgan fingerprint density at radius 3 is 2.62 bits per heavy atom. The van der Waals surface area contributed by atoms with E-state index in [1.54, 1.807) is 11.3 Å². The van der Waals surface area contributed by atoms with Gasteiger partial charge in [-0.3, -0.25) is 10.1 Å². The van der Waals surface area contributed by atoms with Gasteiger partial charge in [0.25, 0.3) is 0 Å². The molecule has 0 radical (unpaired) electrons. The Kier molecular flexibility index (Phi) is 4.34. The molecule has 1 atom stereocenters. The van der Waals surface area contributed by atoms with E-state index in [2.05, 4.69) is 20.7 Å². The number of hydrazine groups is 1. The van der Waals surface area contributed by atoms with E-state index in [0.29, 0.717) is 5.82 Å². The second kappa shape index (κ2) is 6.02. The van der Waals surface area contributed by atoms with Crippen molar-refractivity contribution in [1.82, 2.24) is 9.97 Å². The van der Waals surface area contributed by atoms with Crippen molar-refractivity contribution in [3.05, 3.63) is 37.8 Å². The summed E-state index contributed by atoms with van der Waals surface area (Å²) in [6.45, 7) is 5.75. The number of nitrogens with zero attached hydrogens (tertiary/aromatic N) is 3. The number of aromatic nitrogens is 2. The number of thiazole rings is 1. The van der Waals surface area contributed by atoms with Gasteiger partial charge in [0.1, 0.15) is 5.82 Å². The number of anilines is 2. The molecular formula is C12H16N6O2S. The fraction of sp³-hybridized carbons (Fsp3) is 0.333. The molecule has 0 saturated heterocycles. The fourth-order valence-corrected chi connectivity index (χ4v) is 2.94. The van der Waals surface area contributed by atoms with Crippen molar-refractivity contribution in [3.63, 3.8) is 0 Å². The molecule has 0 aromatic carbocycles. The van der Waals surface area contributed by atoms with E-state index in [9.17, 15) is 10.1 Å². The summed E-state index contributed by atoms with van der Waals surface area (Å²) in [7, 11) is 0. The van der Waals surface area contributed by atoms with Crippen LogP contribution in [0.25, 0.3) is 0 Å². The van der Waals surface area contributed by atoms with Crippen LogP contribution in [0.5, 0.6) is 0 Å². The molecule has 8 nitrogen and oxygen atoms in total. The quantitative estimate of drug-likeness (QED) is 0.441. The molecule has 0 spiro atoms. The summed E-state index contributed by atoms with van der Waals surface area (Å²) in [5, 5.41) is 15.1. The van der Waals surface area contributed by atoms with Gasteiger partial charge in [0.05, 0.1) is 21.7 Å². The molecular weight excluding hydrogens is 292 g/mol. The van der Waals surface area contributed by atoms with Crippen LogP contribution < -0.4 is 16.6 Å². The highest BCUT2D eigenvalue weighted by molar-refractivity contribution is 7.11. The molecule has 0 aliphatic heterocycles. The lowest BCUT2D eigenvalue weighted by molar-refractivity contribution is -0.384. The fourth-order valence-electron chi connectivity index (χ4n) is 2.01. The maximum Gasteiger partial charge on any atom is 0.311 e. The summed E-state index contributed by atoms with van der Waals surface area (Å²) in [6, 6.07) is 2.67. The third-order valence-corrected chi connectivity index (χ3v) is 4.16. The Hall–Kier alpha value is -2.26. The molecule has 2 heterocycles. The SMILES string of the molecule is Cc1nc(C)c(C(C)Nc2nc(NN)ccc2[N+](=O)[O-])s1. The zero-order valence-corrected chi connectivity index (χ0v) is 12.7. The average Bonchev–Trinajstić information content (AvgIpc) is 2.77. The molecule has 0 fully saturated rings. The minimum absolute atomic E-state index is 0.0975. The first kappa shape index (κ1) is 15.1. The molecule has 112 valence electrons. The van der Waals surface area contributed by atoms with Gasteiger partial charge in [-0.05, 0) is 26.8 Å². The van der Waals surface area contributed by atoms with Gasteiger partial charge >= 0.3 is 5.69 Å². The number of hydrogen-bond donors (Lipinski definition) is 3. The minimum Gasteiger partial charge on any atom is -0.357 e. The lowest BCUT2D eigenvalue weighted by Gasteiger charge is -2.14. The highest BCUT2D eigenvalue weighted by Gasteiger charge is 2.20. The summed E-state index contributed by atoms with van der Waals surface area (Å²) in [6.07, 6.45) is 0. The van der Waals surface area contributed by atoms with Crippen molar-refractivity contribution >= 4 is 28.7 Å². The molecule has 1 unspecified atom stereocenters. The van der Waals surface area contributed by atoms with E-state index in [0.717, 1.165) is 15.6 Å². The van der Waals surface area contributed by atoms with E-state index in [-0.39, 0.29) is 17.5 Å². The molecule has 2 aromatic rings. The summed E-state index contributed by atoms with van der Waals surface area (Å²) >= 11 is 1.55. The average molecular weight is 308 g/mol. The van der Waals surface area contributed by atoms with Crippen molar-refractivity contribution in [3.8, 4) is 0 Å². The second-order valence-corrected chi connectivity index (χ2v) is 5.75. The molecule has 0 saturated carbocycles. The van der Waals surface area contributed by atoms with Gasteiger partial charge in [-0.1, -0.05) is 0 Å². The van der Waals surface area contributed by atoms with Crippen LogP contribution in [0.15, 0.2) is 12.1 Å². The Labute approximate surface area is 125 Å². The Morgan fingerprint density at radius 2 is 2.10 bits per heavy atom. The Balaban J connectivity index is 2.33. The molecule has 9 heteroatoms. The number of nitrogens with two attached hydrogens (primary N) is 1. The maximum atomic E-state index is 11.1. The van der Waals surface area contributed by atoms with Crippen LogP contribution in [0.2, 0.25) is 0 Å². The van der Waals surface area contributed by atoms with Crippen LogP contribution in [-0.4, -0.2) is 14.9 Å². The first-order valence-corrected chi connectivity index (χ1v) is 7.06. The molecule has 0 bridgehead atoms. The summed E-state index contributed by atoms with van der Waals surface area (Å²) in [5.41, 5.74) is 3.19. The van der Waals surface area contributed by atoms with Crippen LogP contribution in [-0.2, 0) is 0 Å². The number of nitrogen functional groups attached to an aromatic ring is 1. The number of nitrogens with one attached hydrogen (secondary N) is 2. The number of rotatable bonds is 5. The normalized spacial score (nSPS) is 12.0. The van der Waals surface area contributed by atoms with Gasteiger partial charge < -0.3 is 10.7 Å². The first-order valence-electron chi connectivity index (χ1n) is 6.25. The van der Waals surface area contributed by atoms with E-state index in [1.807, 2.05) is 20.8 Å². The van der Waals surface area contributed by atoms with E-state index < -0.39 is 4.92 Å². The number of aryl methyl sites for hydroxylation is 2. The highest BCUT2D eigenvalue weighted by Crippen LogP contribution is 2.31. The van der Waals surface area contributed by atoms with E-state index in [4.69, 9.17) is 5.84 Å². The molecule has 2 rings (SSSR count). The van der Waals surface area contributed by atoms with E-state index >= 15 is 0 Å². The third-order valence-electron chi connectivity index (χ3n) is 2.90. The Bertz CT molecular complexity index is 672. The lowest BCUT2D eigenvalue weighted by Crippen LogP contribution is -2.13. The lowest BCUT2D eigenvalue weighted by atomic mass is 10.2. The summed E-state index contributed by atoms with van der Waals surface area (Å²) in [5.74, 6) is 5.82. The van der Waals surface area contributed by atoms with Crippen LogP contribution in [0.3, 0.4) is 0 Å². The van der Waals surface area contributed by atoms with Crippen LogP contribution in [0, 0.1) is 24.0 Å². The van der Waals surface area contributed by atoms with Crippen molar-refractivity contribution in [2.75, 3.05) is 10.7 Å². The van der Waals surface area contributed by atoms with E-state index in [1.165, 1.54) is 12.1 Å². The molecule has 21 heavy (non-hydrogen) atoms. The van der Waals surface area contributed by atoms with Crippen molar-refractivity contribution in [2.24, 2.45) is 5.84 Å². The molecule has 2 aromatic heterocycles. The predicted molar refractivity (Wildman–Crippen MR) is 82.3 cm³/mol. The highest BCUT2D eigenvalue weighted by atomic mass is 32.1. The monoisotopic (exact) mass is 308 g/mol. The van der Waals surface area contributed by atoms with Crippen molar-refractivity contribution < 1.29 is 4.92 Å². The topological polar surface area (TPSA) is 119 Å². The van der Waals surface area contributed by atoms with Crippen LogP contribution in [0.1, 0.15) is 28.5 Å². The van der Waals surface area contributed by atoms with Gasteiger partial charge in [0, 0.05) is 10.9 Å².